The number of aryl methyl sites for hydroxylation is 1. The zero-order chi connectivity index (χ0) is 22.2. The Hall–Kier alpha value is -3.68. The van der Waals surface area contributed by atoms with E-state index in [1.807, 2.05) is 49.6 Å². The topological polar surface area (TPSA) is 89.4 Å². The number of hydrogen-bond acceptors (Lipinski definition) is 5. The molecule has 0 aliphatic rings. The van der Waals surface area contributed by atoms with Crippen LogP contribution in [0.3, 0.4) is 0 Å². The second-order valence-electron chi connectivity index (χ2n) is 7.23. The first-order valence-corrected chi connectivity index (χ1v) is 10.1. The Balaban J connectivity index is 1.71. The molecule has 0 aliphatic heterocycles. The molecule has 1 atom stereocenters. The molecule has 1 unspecified atom stereocenters. The van der Waals surface area contributed by atoms with Gasteiger partial charge in [0.05, 0.1) is 7.11 Å². The smallest absolute Gasteiger partial charge is 0.291 e. The molecule has 8 nitrogen and oxygen atoms in total. The van der Waals surface area contributed by atoms with Crippen molar-refractivity contribution < 1.29 is 14.3 Å². The Kier molecular flexibility index (Phi) is 7.37. The molecule has 0 aliphatic carbocycles. The van der Waals surface area contributed by atoms with Crippen LogP contribution in [0.5, 0.6) is 5.88 Å². The van der Waals surface area contributed by atoms with Gasteiger partial charge < -0.3 is 19.5 Å². The molecule has 0 radical (unpaired) electrons. The van der Waals surface area contributed by atoms with Crippen molar-refractivity contribution >= 4 is 11.8 Å². The molecule has 3 aromatic rings. The molecule has 8 heteroatoms. The molecule has 0 saturated carbocycles. The number of nitrogens with one attached hydrogen (secondary N) is 1. The minimum absolute atomic E-state index is 0.0766. The van der Waals surface area contributed by atoms with Gasteiger partial charge in [-0.25, -0.2) is 4.98 Å². The highest BCUT2D eigenvalue weighted by Crippen LogP contribution is 2.14. The first-order valence-electron chi connectivity index (χ1n) is 10.1. The van der Waals surface area contributed by atoms with Crippen LogP contribution in [0.15, 0.2) is 60.9 Å². The third-order valence-corrected chi connectivity index (χ3v) is 5.15. The molecule has 162 valence electrons. The summed E-state index contributed by atoms with van der Waals surface area (Å²) < 4.78 is 6.88. The van der Waals surface area contributed by atoms with Crippen LogP contribution in [0.25, 0.3) is 0 Å². The lowest BCUT2D eigenvalue weighted by Gasteiger charge is -2.28. The van der Waals surface area contributed by atoms with E-state index in [1.54, 1.807) is 28.6 Å². The summed E-state index contributed by atoms with van der Waals surface area (Å²) in [4.78, 5) is 35.3. The van der Waals surface area contributed by atoms with Gasteiger partial charge in [0.1, 0.15) is 5.69 Å². The Morgan fingerprint density at radius 3 is 2.61 bits per heavy atom. The number of ether oxygens (including phenoxy) is 1. The molecule has 2 heterocycles. The third kappa shape index (κ3) is 5.69. The van der Waals surface area contributed by atoms with E-state index in [-0.39, 0.29) is 23.7 Å². The molecule has 1 N–H and O–H groups in total. The van der Waals surface area contributed by atoms with E-state index in [9.17, 15) is 9.59 Å². The lowest BCUT2D eigenvalue weighted by Crippen LogP contribution is -2.41. The number of amides is 2. The SMILES string of the molecule is COc1ccnc(C(=O)N(C)C(CCNC(=O)c2cccn2C)Cc2ccccc2)n1. The van der Waals surface area contributed by atoms with Crippen molar-refractivity contribution in [2.75, 3.05) is 20.7 Å². The maximum absolute atomic E-state index is 13.0. The number of methoxy groups -OCH3 is 1. The van der Waals surface area contributed by atoms with Crippen LogP contribution in [0.2, 0.25) is 0 Å². The summed E-state index contributed by atoms with van der Waals surface area (Å²) in [6, 6.07) is 15.0. The van der Waals surface area contributed by atoms with Gasteiger partial charge in [-0.05, 0) is 30.5 Å². The van der Waals surface area contributed by atoms with Crippen LogP contribution in [0.4, 0.5) is 0 Å². The standard InChI is InChI=1S/C23H27N5O3/c1-27-15-7-10-19(27)22(29)25-13-11-18(16-17-8-5-4-6-9-17)28(2)23(30)21-24-14-12-20(26-21)31-3/h4-10,12,14-15,18H,11,13,16H2,1-3H3,(H,25,29). The molecule has 0 saturated heterocycles. The predicted octanol–water partition coefficient (Wildman–Crippen LogP) is 2.33. The van der Waals surface area contributed by atoms with E-state index in [2.05, 4.69) is 15.3 Å². The third-order valence-electron chi connectivity index (χ3n) is 5.15. The number of benzene rings is 1. The summed E-state index contributed by atoms with van der Waals surface area (Å²) in [5.41, 5.74) is 1.70. The van der Waals surface area contributed by atoms with Crippen LogP contribution in [0, 0.1) is 0 Å². The number of rotatable bonds is 9. The molecule has 31 heavy (non-hydrogen) atoms. The van der Waals surface area contributed by atoms with Crippen LogP contribution in [0.1, 0.15) is 33.1 Å². The summed E-state index contributed by atoms with van der Waals surface area (Å²) >= 11 is 0. The van der Waals surface area contributed by atoms with Gasteiger partial charge in [0.25, 0.3) is 11.8 Å². The van der Waals surface area contributed by atoms with Gasteiger partial charge in [0.15, 0.2) is 0 Å². The van der Waals surface area contributed by atoms with E-state index in [4.69, 9.17) is 4.74 Å². The van der Waals surface area contributed by atoms with Crippen molar-refractivity contribution in [3.63, 3.8) is 0 Å². The van der Waals surface area contributed by atoms with Gasteiger partial charge >= 0.3 is 0 Å². The highest BCUT2D eigenvalue weighted by molar-refractivity contribution is 5.92. The normalized spacial score (nSPS) is 11.6. The Labute approximate surface area is 181 Å². The monoisotopic (exact) mass is 421 g/mol. The Morgan fingerprint density at radius 1 is 1.16 bits per heavy atom. The van der Waals surface area contributed by atoms with Crippen molar-refractivity contribution in [2.45, 2.75) is 18.9 Å². The van der Waals surface area contributed by atoms with Crippen LogP contribution < -0.4 is 10.1 Å². The summed E-state index contributed by atoms with van der Waals surface area (Å²) in [5.74, 6) is -0.0291. The fourth-order valence-electron chi connectivity index (χ4n) is 3.34. The summed E-state index contributed by atoms with van der Waals surface area (Å²) in [5, 5.41) is 2.94. The zero-order valence-electron chi connectivity index (χ0n) is 18.0. The van der Waals surface area contributed by atoms with Crippen LogP contribution in [-0.2, 0) is 13.5 Å². The number of hydrogen-bond donors (Lipinski definition) is 1. The zero-order valence-corrected chi connectivity index (χ0v) is 18.0. The van der Waals surface area contributed by atoms with Gasteiger partial charge in [-0.3, -0.25) is 9.59 Å². The van der Waals surface area contributed by atoms with Crippen LogP contribution >= 0.6 is 0 Å². The minimum atomic E-state index is -0.298. The van der Waals surface area contributed by atoms with E-state index < -0.39 is 0 Å². The average Bonchev–Trinajstić information content (AvgIpc) is 3.24. The largest absolute Gasteiger partial charge is 0.481 e. The van der Waals surface area contributed by atoms with Gasteiger partial charge in [0, 0.05) is 45.1 Å². The summed E-state index contributed by atoms with van der Waals surface area (Å²) in [6.45, 7) is 0.429. The lowest BCUT2D eigenvalue weighted by atomic mass is 10.0. The predicted molar refractivity (Wildman–Crippen MR) is 117 cm³/mol. The van der Waals surface area contributed by atoms with E-state index >= 15 is 0 Å². The Bertz CT molecular complexity index is 1020. The molecule has 2 amide bonds. The second kappa shape index (κ2) is 10.4. The number of nitrogens with zero attached hydrogens (tertiary/aromatic N) is 4. The number of likely N-dealkylation sites (N-methyl/N-ethyl adjacent to an activating group) is 1. The molecule has 1 aromatic carbocycles. The maximum atomic E-state index is 13.0. The van der Waals surface area contributed by atoms with Gasteiger partial charge in [-0.2, -0.15) is 4.98 Å². The summed E-state index contributed by atoms with van der Waals surface area (Å²) in [7, 11) is 5.05. The van der Waals surface area contributed by atoms with Crippen molar-refractivity contribution in [3.8, 4) is 5.88 Å². The highest BCUT2D eigenvalue weighted by Gasteiger charge is 2.24. The molecular formula is C23H27N5O3. The van der Waals surface area contributed by atoms with E-state index in [0.29, 0.717) is 31.0 Å². The van der Waals surface area contributed by atoms with Crippen LogP contribution in [-0.4, -0.2) is 58.0 Å². The lowest BCUT2D eigenvalue weighted by molar-refractivity contribution is 0.0709. The van der Waals surface area contributed by atoms with E-state index in [1.165, 1.54) is 13.3 Å². The number of carbonyl (C=O) groups excluding carboxylic acids is 2. The van der Waals surface area contributed by atoms with Crippen molar-refractivity contribution in [3.05, 3.63) is 78.0 Å². The molecule has 2 aromatic heterocycles. The number of aromatic nitrogens is 3. The fraction of sp³-hybridized carbons (Fsp3) is 0.304. The quantitative estimate of drug-likeness (QED) is 0.573. The van der Waals surface area contributed by atoms with Crippen molar-refractivity contribution in [1.82, 2.24) is 24.8 Å². The highest BCUT2D eigenvalue weighted by atomic mass is 16.5. The van der Waals surface area contributed by atoms with Gasteiger partial charge in [-0.1, -0.05) is 30.3 Å². The molecule has 0 spiro atoms. The number of carbonyl (C=O) groups is 2. The van der Waals surface area contributed by atoms with Gasteiger partial charge in [0.2, 0.25) is 11.7 Å². The molecule has 3 rings (SSSR count). The summed E-state index contributed by atoms with van der Waals surface area (Å²) in [6.07, 6.45) is 4.55. The second-order valence-corrected chi connectivity index (χ2v) is 7.23. The minimum Gasteiger partial charge on any atom is -0.481 e. The van der Waals surface area contributed by atoms with Crippen molar-refractivity contribution in [2.24, 2.45) is 7.05 Å². The molecule has 0 fully saturated rings. The first-order chi connectivity index (χ1) is 15.0. The first kappa shape index (κ1) is 22.0. The fourth-order valence-corrected chi connectivity index (χ4v) is 3.34. The Morgan fingerprint density at radius 2 is 1.94 bits per heavy atom. The van der Waals surface area contributed by atoms with Crippen molar-refractivity contribution in [1.29, 1.82) is 0 Å². The molecule has 0 bridgehead atoms. The average molecular weight is 422 g/mol. The maximum Gasteiger partial charge on any atom is 0.291 e. The van der Waals surface area contributed by atoms with Gasteiger partial charge in [-0.15, -0.1) is 0 Å². The van der Waals surface area contributed by atoms with E-state index in [0.717, 1.165) is 5.56 Å². The molecular weight excluding hydrogens is 394 g/mol.